The number of carbonyl (C=O) groups is 2. The molecular formula is C35H33NO6. The first-order chi connectivity index (χ1) is 20.7. The molecule has 1 saturated heterocycles. The molecule has 7 heteroatoms. The van der Waals surface area contributed by atoms with E-state index in [1.165, 1.54) is 4.90 Å². The number of fused-ring (bicyclic) bond motifs is 1. The third kappa shape index (κ3) is 6.35. The number of hydrogen-bond donors (Lipinski definition) is 0. The van der Waals surface area contributed by atoms with Gasteiger partial charge in [-0.15, -0.1) is 0 Å². The van der Waals surface area contributed by atoms with Gasteiger partial charge in [0.2, 0.25) is 0 Å². The molecule has 214 valence electrons. The maximum absolute atomic E-state index is 13.7. The van der Waals surface area contributed by atoms with Gasteiger partial charge in [-0.2, -0.15) is 0 Å². The normalized spacial score (nSPS) is 21.9. The summed E-state index contributed by atoms with van der Waals surface area (Å²) in [5.74, 6) is -0.741. The zero-order valence-electron chi connectivity index (χ0n) is 23.2. The molecule has 0 bridgehead atoms. The molecule has 4 aromatic carbocycles. The zero-order chi connectivity index (χ0) is 28.7. The van der Waals surface area contributed by atoms with E-state index in [0.717, 1.165) is 16.7 Å². The topological polar surface area (TPSA) is 74.3 Å². The molecular weight excluding hydrogens is 530 g/mol. The van der Waals surface area contributed by atoms with E-state index in [9.17, 15) is 9.59 Å². The van der Waals surface area contributed by atoms with Crippen molar-refractivity contribution < 1.29 is 28.5 Å². The zero-order valence-corrected chi connectivity index (χ0v) is 23.2. The van der Waals surface area contributed by atoms with Crippen LogP contribution in [0, 0.1) is 0 Å². The summed E-state index contributed by atoms with van der Waals surface area (Å²) in [5, 5.41) is 0. The molecule has 2 aliphatic rings. The average molecular weight is 564 g/mol. The molecule has 2 aliphatic heterocycles. The van der Waals surface area contributed by atoms with Crippen LogP contribution in [-0.2, 0) is 38.8 Å². The van der Waals surface area contributed by atoms with Gasteiger partial charge in [0.05, 0.1) is 49.8 Å². The Morgan fingerprint density at radius 1 is 0.619 bits per heavy atom. The van der Waals surface area contributed by atoms with E-state index in [-0.39, 0.29) is 24.5 Å². The second-order valence-electron chi connectivity index (χ2n) is 10.5. The summed E-state index contributed by atoms with van der Waals surface area (Å²) in [6.45, 7) is 1.30. The number of hydrogen-bond acceptors (Lipinski definition) is 6. The van der Waals surface area contributed by atoms with Crippen molar-refractivity contribution in [1.29, 1.82) is 0 Å². The molecule has 0 N–H and O–H groups in total. The van der Waals surface area contributed by atoms with Gasteiger partial charge in [-0.3, -0.25) is 14.5 Å². The smallest absolute Gasteiger partial charge is 0.262 e. The van der Waals surface area contributed by atoms with Crippen molar-refractivity contribution >= 4 is 11.8 Å². The Bertz CT molecular complexity index is 1390. The Morgan fingerprint density at radius 3 is 1.64 bits per heavy atom. The molecule has 0 aromatic heterocycles. The number of rotatable bonds is 11. The first-order valence-electron chi connectivity index (χ1n) is 14.2. The van der Waals surface area contributed by atoms with Gasteiger partial charge in [-0.25, -0.2) is 0 Å². The minimum atomic E-state index is -0.924. The van der Waals surface area contributed by atoms with Gasteiger partial charge >= 0.3 is 0 Å². The van der Waals surface area contributed by atoms with E-state index in [0.29, 0.717) is 37.4 Å². The summed E-state index contributed by atoms with van der Waals surface area (Å²) in [5.41, 5.74) is 3.75. The molecule has 4 aromatic rings. The third-order valence-corrected chi connectivity index (χ3v) is 7.58. The molecule has 0 unspecified atom stereocenters. The number of nitrogens with zero attached hydrogens (tertiary/aromatic N) is 1. The number of imide groups is 1. The lowest BCUT2D eigenvalue weighted by molar-refractivity contribution is -0.261. The quantitative estimate of drug-likeness (QED) is 0.215. The predicted octanol–water partition coefficient (Wildman–Crippen LogP) is 5.79. The van der Waals surface area contributed by atoms with Gasteiger partial charge in [0.25, 0.3) is 11.8 Å². The number of amides is 2. The van der Waals surface area contributed by atoms with Gasteiger partial charge in [0.1, 0.15) is 6.04 Å². The van der Waals surface area contributed by atoms with Crippen LogP contribution in [0.3, 0.4) is 0 Å². The second kappa shape index (κ2) is 13.2. The summed E-state index contributed by atoms with van der Waals surface area (Å²) in [6.07, 6.45) is -1.42. The molecule has 42 heavy (non-hydrogen) atoms. The Hall–Kier alpha value is -4.14. The first kappa shape index (κ1) is 28.0. The van der Waals surface area contributed by atoms with Crippen LogP contribution in [0.25, 0.3) is 0 Å². The minimum Gasteiger partial charge on any atom is -0.374 e. The Morgan fingerprint density at radius 2 is 1.10 bits per heavy atom. The van der Waals surface area contributed by atoms with E-state index >= 15 is 0 Å². The fraction of sp³-hybridized carbons (Fsp3) is 0.257. The van der Waals surface area contributed by atoms with Crippen molar-refractivity contribution in [2.45, 2.75) is 50.8 Å². The average Bonchev–Trinajstić information content (AvgIpc) is 3.29. The monoisotopic (exact) mass is 563 g/mol. The highest BCUT2D eigenvalue weighted by atomic mass is 16.7. The molecule has 0 aliphatic carbocycles. The van der Waals surface area contributed by atoms with E-state index in [1.54, 1.807) is 24.3 Å². The van der Waals surface area contributed by atoms with Crippen LogP contribution in [0.2, 0.25) is 0 Å². The fourth-order valence-electron chi connectivity index (χ4n) is 5.49. The Balaban J connectivity index is 1.27. The molecule has 2 amide bonds. The summed E-state index contributed by atoms with van der Waals surface area (Å²) >= 11 is 0. The van der Waals surface area contributed by atoms with Gasteiger partial charge in [0, 0.05) is 6.42 Å². The van der Waals surface area contributed by atoms with Crippen LogP contribution in [0.5, 0.6) is 0 Å². The standard InChI is InChI=1S/C35H33NO6/c37-33-29-18-10-11-19-30(29)34(38)36(33)32-31(40-22-26-14-6-2-7-15-26)20-28(24-39-21-25-12-4-1-5-13-25)42-35(32)41-23-27-16-8-3-9-17-27/h1-19,28,31-32,35H,20-24H2/t28-,31-,32-,35+/m0/s1. The number of ether oxygens (including phenoxy) is 4. The van der Waals surface area contributed by atoms with Crippen molar-refractivity contribution in [1.82, 2.24) is 4.90 Å². The van der Waals surface area contributed by atoms with Crippen LogP contribution in [-0.4, -0.2) is 47.9 Å². The first-order valence-corrected chi connectivity index (χ1v) is 14.2. The van der Waals surface area contributed by atoms with Crippen molar-refractivity contribution in [3.05, 3.63) is 143 Å². The van der Waals surface area contributed by atoms with Crippen molar-refractivity contribution in [3.8, 4) is 0 Å². The van der Waals surface area contributed by atoms with Gasteiger partial charge in [0.15, 0.2) is 6.29 Å². The molecule has 0 radical (unpaired) electrons. The Kier molecular flexibility index (Phi) is 8.82. The molecule has 1 fully saturated rings. The lowest BCUT2D eigenvalue weighted by Gasteiger charge is -2.44. The summed E-state index contributed by atoms with van der Waals surface area (Å²) in [7, 11) is 0. The SMILES string of the molecule is O=C1c2ccccc2C(=O)N1[C@@H]1[C@H](OCc2ccccc2)O[C@H](COCc2ccccc2)C[C@@H]1OCc1ccccc1. The van der Waals surface area contributed by atoms with Crippen LogP contribution in [0.1, 0.15) is 43.8 Å². The lowest BCUT2D eigenvalue weighted by atomic mass is 9.98. The van der Waals surface area contributed by atoms with E-state index in [2.05, 4.69) is 0 Å². The third-order valence-electron chi connectivity index (χ3n) is 7.58. The molecule has 0 spiro atoms. The Labute approximate surface area is 245 Å². The summed E-state index contributed by atoms with van der Waals surface area (Å²) in [4.78, 5) is 28.6. The fourth-order valence-corrected chi connectivity index (χ4v) is 5.49. The van der Waals surface area contributed by atoms with Crippen molar-refractivity contribution in [3.63, 3.8) is 0 Å². The molecule has 2 heterocycles. The summed E-state index contributed by atoms with van der Waals surface area (Å²) < 4.78 is 25.4. The maximum Gasteiger partial charge on any atom is 0.262 e. The van der Waals surface area contributed by atoms with Crippen LogP contribution in [0.4, 0.5) is 0 Å². The molecule has 0 saturated carbocycles. The van der Waals surface area contributed by atoms with E-state index < -0.39 is 18.4 Å². The molecule has 6 rings (SSSR count). The van der Waals surface area contributed by atoms with Crippen molar-refractivity contribution in [2.24, 2.45) is 0 Å². The molecule has 7 nitrogen and oxygen atoms in total. The lowest BCUT2D eigenvalue weighted by Crippen LogP contribution is -2.60. The van der Waals surface area contributed by atoms with Crippen LogP contribution < -0.4 is 0 Å². The summed E-state index contributed by atoms with van der Waals surface area (Å²) in [6, 6.07) is 35.6. The predicted molar refractivity (Wildman–Crippen MR) is 156 cm³/mol. The van der Waals surface area contributed by atoms with Crippen LogP contribution in [0.15, 0.2) is 115 Å². The van der Waals surface area contributed by atoms with Crippen LogP contribution >= 0.6 is 0 Å². The van der Waals surface area contributed by atoms with Gasteiger partial charge in [-0.1, -0.05) is 103 Å². The highest BCUT2D eigenvalue weighted by molar-refractivity contribution is 6.21. The highest BCUT2D eigenvalue weighted by Crippen LogP contribution is 2.34. The molecule has 4 atom stereocenters. The largest absolute Gasteiger partial charge is 0.374 e. The van der Waals surface area contributed by atoms with E-state index in [1.807, 2.05) is 91.0 Å². The van der Waals surface area contributed by atoms with Gasteiger partial charge < -0.3 is 18.9 Å². The highest BCUT2D eigenvalue weighted by Gasteiger charge is 2.51. The van der Waals surface area contributed by atoms with Gasteiger partial charge in [-0.05, 0) is 28.8 Å². The minimum absolute atomic E-state index is 0.244. The maximum atomic E-state index is 13.7. The van der Waals surface area contributed by atoms with Crippen molar-refractivity contribution in [2.75, 3.05) is 6.61 Å². The van der Waals surface area contributed by atoms with E-state index in [4.69, 9.17) is 18.9 Å². The number of benzene rings is 4. The number of carbonyl (C=O) groups excluding carboxylic acids is 2. The second-order valence-corrected chi connectivity index (χ2v) is 10.5.